The molecule has 0 spiro atoms. The van der Waals surface area contributed by atoms with Crippen molar-refractivity contribution in [2.75, 3.05) is 11.1 Å². The number of H-pyrrole nitrogens is 1. The van der Waals surface area contributed by atoms with Gasteiger partial charge in [0.15, 0.2) is 11.2 Å². The van der Waals surface area contributed by atoms with Gasteiger partial charge in [0.25, 0.3) is 11.5 Å². The fourth-order valence-electron chi connectivity index (χ4n) is 2.69. The van der Waals surface area contributed by atoms with Gasteiger partial charge in [0.2, 0.25) is 5.95 Å². The number of fused-ring (bicyclic) bond motifs is 1. The lowest BCUT2D eigenvalue weighted by Gasteiger charge is -2.13. The van der Waals surface area contributed by atoms with E-state index in [1.165, 1.54) is 6.20 Å². The topological polar surface area (TPSA) is 156 Å². The predicted octanol–water partition coefficient (Wildman–Crippen LogP) is 1.00. The Morgan fingerprint density at radius 1 is 1.28 bits per heavy atom. The first kappa shape index (κ1) is 19.9. The molecule has 3 rings (SSSR count). The van der Waals surface area contributed by atoms with E-state index in [4.69, 9.17) is 5.73 Å². The molecule has 10 nitrogen and oxygen atoms in total. The minimum Gasteiger partial charge on any atom is -0.379 e. The van der Waals surface area contributed by atoms with E-state index in [1.54, 1.807) is 24.3 Å². The summed E-state index contributed by atoms with van der Waals surface area (Å²) in [6.45, 7) is 2.19. The Morgan fingerprint density at radius 3 is 2.76 bits per heavy atom. The molecule has 0 radical (unpaired) electrons. The molecule has 1 atom stereocenters. The molecule has 1 amide bonds. The zero-order valence-electron chi connectivity index (χ0n) is 15.8. The molecule has 0 aliphatic carbocycles. The number of carbonyl (C=O) groups excluding carboxylic acids is 2. The Hall–Kier alpha value is -3.82. The standard InChI is InChI=1S/C19H21N7O3/c1-11(3-2-8-27)23-17(28)12-4-6-13(7-5-12)21-9-14-10-22-16-15(24-14)18(29)26-19(20)25-16/h4-8,10-11,21H,2-3,9H2,1H3,(H,23,28)(H3,20,22,25,26,29). The maximum atomic E-state index is 12.2. The Labute approximate surface area is 166 Å². The predicted molar refractivity (Wildman–Crippen MR) is 108 cm³/mol. The number of hydrogen-bond acceptors (Lipinski definition) is 8. The number of amides is 1. The molecule has 3 aromatic rings. The van der Waals surface area contributed by atoms with Crippen LogP contribution in [0.3, 0.4) is 0 Å². The number of aldehydes is 1. The van der Waals surface area contributed by atoms with Gasteiger partial charge in [0, 0.05) is 23.7 Å². The molecule has 2 heterocycles. The highest BCUT2D eigenvalue weighted by atomic mass is 16.1. The monoisotopic (exact) mass is 395 g/mol. The molecule has 0 saturated heterocycles. The van der Waals surface area contributed by atoms with Gasteiger partial charge in [-0.05, 0) is 37.6 Å². The maximum absolute atomic E-state index is 12.2. The summed E-state index contributed by atoms with van der Waals surface area (Å²) >= 11 is 0. The minimum atomic E-state index is -0.445. The van der Waals surface area contributed by atoms with Crippen molar-refractivity contribution in [1.29, 1.82) is 0 Å². The number of hydrogen-bond donors (Lipinski definition) is 4. The van der Waals surface area contributed by atoms with Gasteiger partial charge >= 0.3 is 0 Å². The third-order valence-electron chi connectivity index (χ3n) is 4.20. The molecule has 0 saturated carbocycles. The van der Waals surface area contributed by atoms with E-state index in [1.807, 2.05) is 6.92 Å². The summed E-state index contributed by atoms with van der Waals surface area (Å²) in [6, 6.07) is 6.87. The molecule has 10 heteroatoms. The first-order valence-corrected chi connectivity index (χ1v) is 9.06. The lowest BCUT2D eigenvalue weighted by atomic mass is 10.1. The van der Waals surface area contributed by atoms with Crippen LogP contribution in [0.25, 0.3) is 11.2 Å². The van der Waals surface area contributed by atoms with Crippen LogP contribution in [0.1, 0.15) is 35.8 Å². The lowest BCUT2D eigenvalue weighted by molar-refractivity contribution is -0.108. The summed E-state index contributed by atoms with van der Waals surface area (Å²) in [5, 5.41) is 6.01. The van der Waals surface area contributed by atoms with Crippen LogP contribution in [0.2, 0.25) is 0 Å². The molecule has 0 fully saturated rings. The molecule has 0 aliphatic heterocycles. The summed E-state index contributed by atoms with van der Waals surface area (Å²) in [7, 11) is 0. The minimum absolute atomic E-state index is 0.00932. The fourth-order valence-corrected chi connectivity index (χ4v) is 2.69. The van der Waals surface area contributed by atoms with Crippen LogP contribution in [0.4, 0.5) is 11.6 Å². The highest BCUT2D eigenvalue weighted by Gasteiger charge is 2.10. The van der Waals surface area contributed by atoms with Crippen molar-refractivity contribution in [3.63, 3.8) is 0 Å². The number of nitrogens with one attached hydrogen (secondary N) is 3. The Balaban J connectivity index is 1.61. The summed E-state index contributed by atoms with van der Waals surface area (Å²) in [4.78, 5) is 49.2. The van der Waals surface area contributed by atoms with E-state index in [2.05, 4.69) is 30.6 Å². The zero-order chi connectivity index (χ0) is 20.8. The SMILES string of the molecule is CC(CCC=O)NC(=O)c1ccc(NCc2cnc3nc(N)[nH]c(=O)c3n2)cc1. The third-order valence-corrected chi connectivity index (χ3v) is 4.20. The van der Waals surface area contributed by atoms with Crippen molar-refractivity contribution in [2.45, 2.75) is 32.4 Å². The molecule has 2 aromatic heterocycles. The van der Waals surface area contributed by atoms with E-state index >= 15 is 0 Å². The van der Waals surface area contributed by atoms with Gasteiger partial charge in [0.1, 0.15) is 6.29 Å². The number of carbonyl (C=O) groups is 2. The summed E-state index contributed by atoms with van der Waals surface area (Å²) < 4.78 is 0. The Morgan fingerprint density at radius 2 is 2.03 bits per heavy atom. The van der Waals surface area contributed by atoms with Gasteiger partial charge in [-0.3, -0.25) is 14.6 Å². The van der Waals surface area contributed by atoms with Crippen LogP contribution in [0.5, 0.6) is 0 Å². The number of nitrogen functional groups attached to an aromatic ring is 1. The van der Waals surface area contributed by atoms with Gasteiger partial charge in [-0.25, -0.2) is 9.97 Å². The number of rotatable bonds is 8. The molecule has 0 aliphatic rings. The van der Waals surface area contributed by atoms with E-state index in [-0.39, 0.29) is 29.1 Å². The average Bonchev–Trinajstić information content (AvgIpc) is 2.71. The summed E-state index contributed by atoms with van der Waals surface area (Å²) in [6.07, 6.45) is 3.37. The summed E-state index contributed by atoms with van der Waals surface area (Å²) in [5.74, 6) is -0.203. The zero-order valence-corrected chi connectivity index (χ0v) is 15.8. The van der Waals surface area contributed by atoms with Crippen molar-refractivity contribution in [1.82, 2.24) is 25.3 Å². The lowest BCUT2D eigenvalue weighted by Crippen LogP contribution is -2.32. The highest BCUT2D eigenvalue weighted by Crippen LogP contribution is 2.12. The number of aromatic nitrogens is 4. The molecule has 0 bridgehead atoms. The van der Waals surface area contributed by atoms with Gasteiger partial charge in [-0.2, -0.15) is 4.98 Å². The van der Waals surface area contributed by atoms with Crippen LogP contribution < -0.4 is 21.9 Å². The molecular weight excluding hydrogens is 374 g/mol. The van der Waals surface area contributed by atoms with Gasteiger partial charge in [-0.1, -0.05) is 0 Å². The van der Waals surface area contributed by atoms with Crippen LogP contribution >= 0.6 is 0 Å². The first-order valence-electron chi connectivity index (χ1n) is 9.06. The van der Waals surface area contributed by atoms with E-state index in [0.29, 0.717) is 30.6 Å². The van der Waals surface area contributed by atoms with Crippen molar-refractivity contribution in [3.05, 3.63) is 52.1 Å². The van der Waals surface area contributed by atoms with Crippen molar-refractivity contribution >= 4 is 35.0 Å². The number of nitrogens with zero attached hydrogens (tertiary/aromatic N) is 3. The maximum Gasteiger partial charge on any atom is 0.280 e. The molecule has 150 valence electrons. The Kier molecular flexibility index (Phi) is 6.12. The number of aromatic amines is 1. The number of anilines is 2. The van der Waals surface area contributed by atoms with Crippen molar-refractivity contribution < 1.29 is 9.59 Å². The molecule has 29 heavy (non-hydrogen) atoms. The average molecular weight is 395 g/mol. The van der Waals surface area contributed by atoms with Crippen molar-refractivity contribution in [2.24, 2.45) is 0 Å². The molecule has 1 unspecified atom stereocenters. The normalized spacial score (nSPS) is 11.8. The van der Waals surface area contributed by atoms with Gasteiger partial charge in [-0.15, -0.1) is 0 Å². The van der Waals surface area contributed by atoms with E-state index < -0.39 is 5.56 Å². The second-order valence-corrected chi connectivity index (χ2v) is 6.53. The fraction of sp³-hybridized carbons (Fsp3) is 0.263. The van der Waals surface area contributed by atoms with E-state index in [9.17, 15) is 14.4 Å². The Bertz CT molecular complexity index is 1080. The van der Waals surface area contributed by atoms with E-state index in [0.717, 1.165) is 12.0 Å². The summed E-state index contributed by atoms with van der Waals surface area (Å²) in [5.41, 5.74) is 7.21. The van der Waals surface area contributed by atoms with Crippen molar-refractivity contribution in [3.8, 4) is 0 Å². The highest BCUT2D eigenvalue weighted by molar-refractivity contribution is 5.94. The van der Waals surface area contributed by atoms with Crippen LogP contribution in [-0.4, -0.2) is 38.2 Å². The number of nitrogens with two attached hydrogens (primary N) is 1. The van der Waals surface area contributed by atoms with Gasteiger partial charge in [0.05, 0.1) is 18.4 Å². The molecular formula is C19H21N7O3. The number of benzene rings is 1. The van der Waals surface area contributed by atoms with Crippen LogP contribution in [0, 0.1) is 0 Å². The molecule has 1 aromatic carbocycles. The second kappa shape index (κ2) is 8.91. The molecule has 5 N–H and O–H groups in total. The smallest absolute Gasteiger partial charge is 0.280 e. The van der Waals surface area contributed by atoms with Gasteiger partial charge < -0.3 is 21.2 Å². The van der Waals surface area contributed by atoms with Crippen LogP contribution in [-0.2, 0) is 11.3 Å². The van der Waals surface area contributed by atoms with Crippen LogP contribution in [0.15, 0.2) is 35.3 Å². The largest absolute Gasteiger partial charge is 0.379 e. The third kappa shape index (κ3) is 5.12. The quantitative estimate of drug-likeness (QED) is 0.412. The first-order chi connectivity index (χ1) is 14.0. The second-order valence-electron chi connectivity index (χ2n) is 6.53.